The van der Waals surface area contributed by atoms with Gasteiger partial charge in [-0.2, -0.15) is 0 Å². The van der Waals surface area contributed by atoms with Crippen LogP contribution in [0.1, 0.15) is 30.0 Å². The zero-order chi connectivity index (χ0) is 19.4. The van der Waals surface area contributed by atoms with Crippen molar-refractivity contribution in [3.63, 3.8) is 0 Å². The monoisotopic (exact) mass is 388 g/mol. The summed E-state index contributed by atoms with van der Waals surface area (Å²) in [6.07, 6.45) is 0.676. The number of aromatic nitrogens is 1. The number of thiazole rings is 1. The molecule has 0 saturated heterocycles. The first kappa shape index (κ1) is 19.2. The highest BCUT2D eigenvalue weighted by atomic mass is 32.1. The number of aryl methyl sites for hydroxylation is 1. The topological polar surface area (TPSA) is 83.6 Å². The number of rotatable bonds is 5. The number of urea groups is 1. The Hall–Kier alpha value is -2.61. The fourth-order valence-corrected chi connectivity index (χ4v) is 3.82. The van der Waals surface area contributed by atoms with Gasteiger partial charge in [0, 0.05) is 23.9 Å². The number of anilines is 1. The van der Waals surface area contributed by atoms with E-state index in [2.05, 4.69) is 15.6 Å². The molecule has 0 aliphatic carbocycles. The Bertz CT molecular complexity index is 834. The molecule has 0 saturated carbocycles. The molecule has 0 unspecified atom stereocenters. The summed E-state index contributed by atoms with van der Waals surface area (Å²) >= 11 is 1.41. The molecule has 27 heavy (non-hydrogen) atoms. The second kappa shape index (κ2) is 8.39. The van der Waals surface area contributed by atoms with Gasteiger partial charge in [0.2, 0.25) is 0 Å². The van der Waals surface area contributed by atoms with Gasteiger partial charge in [0.1, 0.15) is 5.75 Å². The third-order valence-electron chi connectivity index (χ3n) is 4.08. The van der Waals surface area contributed by atoms with Crippen molar-refractivity contribution in [3.05, 3.63) is 40.4 Å². The predicted molar refractivity (Wildman–Crippen MR) is 105 cm³/mol. The van der Waals surface area contributed by atoms with E-state index in [0.717, 1.165) is 16.1 Å². The lowest BCUT2D eigenvalue weighted by Gasteiger charge is -2.26. The molecule has 1 aliphatic rings. The maximum atomic E-state index is 12.5. The predicted octanol–water partition coefficient (Wildman–Crippen LogP) is 2.95. The molecule has 8 heteroatoms. The summed E-state index contributed by atoms with van der Waals surface area (Å²) in [5.74, 6) is 0.643. The van der Waals surface area contributed by atoms with E-state index >= 15 is 0 Å². The highest BCUT2D eigenvalue weighted by Gasteiger charge is 2.25. The van der Waals surface area contributed by atoms with E-state index in [4.69, 9.17) is 4.74 Å². The number of fused-ring (bicyclic) bond motifs is 1. The van der Waals surface area contributed by atoms with E-state index in [0.29, 0.717) is 30.4 Å². The molecule has 2 N–H and O–H groups in total. The van der Waals surface area contributed by atoms with Crippen LogP contribution in [0.3, 0.4) is 0 Å². The second-order valence-corrected chi connectivity index (χ2v) is 7.90. The number of carbonyl (C=O) groups is 2. The van der Waals surface area contributed by atoms with Gasteiger partial charge in [0.25, 0.3) is 5.91 Å². The first-order chi connectivity index (χ1) is 12.9. The molecule has 0 radical (unpaired) electrons. The van der Waals surface area contributed by atoms with Gasteiger partial charge in [-0.3, -0.25) is 10.1 Å². The van der Waals surface area contributed by atoms with Crippen molar-refractivity contribution in [2.24, 2.45) is 0 Å². The molecular formula is C19H24N4O3S. The van der Waals surface area contributed by atoms with Crippen molar-refractivity contribution in [1.82, 2.24) is 15.2 Å². The minimum Gasteiger partial charge on any atom is -0.484 e. The van der Waals surface area contributed by atoms with Crippen molar-refractivity contribution in [2.45, 2.75) is 39.8 Å². The third kappa shape index (κ3) is 5.19. The molecule has 3 rings (SSSR count). The number of nitrogens with zero attached hydrogens (tertiary/aromatic N) is 2. The van der Waals surface area contributed by atoms with Crippen molar-refractivity contribution in [2.75, 3.05) is 18.5 Å². The van der Waals surface area contributed by atoms with Crippen molar-refractivity contribution >= 4 is 28.4 Å². The van der Waals surface area contributed by atoms with E-state index in [9.17, 15) is 9.59 Å². The first-order valence-electron chi connectivity index (χ1n) is 8.94. The number of amides is 3. The highest BCUT2D eigenvalue weighted by Crippen LogP contribution is 2.28. The average Bonchev–Trinajstić information content (AvgIpc) is 3.00. The van der Waals surface area contributed by atoms with Gasteiger partial charge in [-0.1, -0.05) is 23.5 Å². The maximum absolute atomic E-state index is 12.5. The van der Waals surface area contributed by atoms with E-state index in [1.54, 1.807) is 4.90 Å². The Balaban J connectivity index is 1.55. The maximum Gasteiger partial charge on any atom is 0.321 e. The van der Waals surface area contributed by atoms with E-state index in [1.807, 2.05) is 45.0 Å². The quantitative estimate of drug-likeness (QED) is 0.825. The number of hydrogen-bond acceptors (Lipinski definition) is 5. The Labute approximate surface area is 162 Å². The number of hydrogen-bond donors (Lipinski definition) is 2. The van der Waals surface area contributed by atoms with Gasteiger partial charge in [-0.25, -0.2) is 9.78 Å². The first-order valence-corrected chi connectivity index (χ1v) is 9.75. The van der Waals surface area contributed by atoms with Crippen LogP contribution in [0.15, 0.2) is 24.3 Å². The van der Waals surface area contributed by atoms with Gasteiger partial charge >= 0.3 is 6.03 Å². The zero-order valence-electron chi connectivity index (χ0n) is 15.7. The van der Waals surface area contributed by atoms with Crippen molar-refractivity contribution in [1.29, 1.82) is 0 Å². The van der Waals surface area contributed by atoms with Gasteiger partial charge < -0.3 is 15.0 Å². The molecule has 0 atom stereocenters. The smallest absolute Gasteiger partial charge is 0.321 e. The molecule has 0 spiro atoms. The Kier molecular flexibility index (Phi) is 5.95. The summed E-state index contributed by atoms with van der Waals surface area (Å²) in [7, 11) is 0. The molecule has 1 aliphatic heterocycles. The van der Waals surface area contributed by atoms with E-state index in [1.165, 1.54) is 11.3 Å². The molecule has 144 valence electrons. The number of benzene rings is 1. The SMILES string of the molecule is Cc1cccc(OCC(=O)N2CCc3nc(NC(=O)NC(C)C)sc3C2)c1. The van der Waals surface area contributed by atoms with Gasteiger partial charge in [-0.15, -0.1) is 0 Å². The summed E-state index contributed by atoms with van der Waals surface area (Å²) in [5.41, 5.74) is 2.04. The van der Waals surface area contributed by atoms with Crippen LogP contribution >= 0.6 is 11.3 Å². The summed E-state index contributed by atoms with van der Waals surface area (Å²) in [6.45, 7) is 6.89. The lowest BCUT2D eigenvalue weighted by atomic mass is 10.2. The van der Waals surface area contributed by atoms with E-state index in [-0.39, 0.29) is 24.6 Å². The van der Waals surface area contributed by atoms with Crippen LogP contribution in [0.2, 0.25) is 0 Å². The number of nitrogens with one attached hydrogen (secondary N) is 2. The Morgan fingerprint density at radius 2 is 2.19 bits per heavy atom. The molecule has 2 heterocycles. The Morgan fingerprint density at radius 1 is 1.37 bits per heavy atom. The summed E-state index contributed by atoms with van der Waals surface area (Å²) in [5, 5.41) is 6.08. The lowest BCUT2D eigenvalue weighted by Crippen LogP contribution is -2.38. The fourth-order valence-electron chi connectivity index (χ4n) is 2.80. The van der Waals surface area contributed by atoms with Crippen LogP contribution in [0.4, 0.5) is 9.93 Å². The van der Waals surface area contributed by atoms with Crippen LogP contribution in [-0.2, 0) is 17.8 Å². The molecule has 3 amide bonds. The minimum atomic E-state index is -0.268. The molecule has 7 nitrogen and oxygen atoms in total. The van der Waals surface area contributed by atoms with Gasteiger partial charge in [0.05, 0.1) is 12.2 Å². The van der Waals surface area contributed by atoms with Crippen LogP contribution in [-0.4, -0.2) is 41.0 Å². The second-order valence-electron chi connectivity index (χ2n) is 6.81. The van der Waals surface area contributed by atoms with Crippen LogP contribution in [0.25, 0.3) is 0 Å². The molecular weight excluding hydrogens is 364 g/mol. The number of carbonyl (C=O) groups excluding carboxylic acids is 2. The molecule has 2 aromatic rings. The van der Waals surface area contributed by atoms with Gasteiger partial charge in [-0.05, 0) is 38.5 Å². The molecule has 1 aromatic heterocycles. The van der Waals surface area contributed by atoms with Crippen molar-refractivity contribution < 1.29 is 14.3 Å². The average molecular weight is 388 g/mol. The van der Waals surface area contributed by atoms with Crippen LogP contribution in [0, 0.1) is 6.92 Å². The van der Waals surface area contributed by atoms with Gasteiger partial charge in [0.15, 0.2) is 11.7 Å². The standard InChI is InChI=1S/C19H24N4O3S/c1-12(2)20-18(25)22-19-21-15-7-8-23(10-16(15)27-19)17(24)11-26-14-6-4-5-13(3)9-14/h4-6,9,12H,7-8,10-11H2,1-3H3,(H2,20,21,22,25). The fraction of sp³-hybridized carbons (Fsp3) is 0.421. The third-order valence-corrected chi connectivity index (χ3v) is 5.07. The highest BCUT2D eigenvalue weighted by molar-refractivity contribution is 7.15. The zero-order valence-corrected chi connectivity index (χ0v) is 16.6. The van der Waals surface area contributed by atoms with Crippen LogP contribution < -0.4 is 15.4 Å². The molecule has 0 fully saturated rings. The summed E-state index contributed by atoms with van der Waals surface area (Å²) in [6, 6.07) is 7.43. The normalized spacial score (nSPS) is 13.3. The molecule has 0 bridgehead atoms. The van der Waals surface area contributed by atoms with Crippen molar-refractivity contribution in [3.8, 4) is 5.75 Å². The minimum absolute atomic E-state index is 0.0134. The summed E-state index contributed by atoms with van der Waals surface area (Å²) in [4.78, 5) is 31.5. The van der Waals surface area contributed by atoms with E-state index < -0.39 is 0 Å². The Morgan fingerprint density at radius 3 is 2.93 bits per heavy atom. The number of ether oxygens (including phenoxy) is 1. The summed E-state index contributed by atoms with van der Waals surface area (Å²) < 4.78 is 5.62. The van der Waals surface area contributed by atoms with Crippen LogP contribution in [0.5, 0.6) is 5.75 Å². The lowest BCUT2D eigenvalue weighted by molar-refractivity contribution is -0.134. The largest absolute Gasteiger partial charge is 0.484 e. The molecule has 1 aromatic carbocycles.